The fourth-order valence-corrected chi connectivity index (χ4v) is 4.04. The normalized spacial score (nSPS) is 11.6. The van der Waals surface area contributed by atoms with E-state index >= 15 is 0 Å². The van der Waals surface area contributed by atoms with Crippen LogP contribution in [0.25, 0.3) is 0 Å². The van der Waals surface area contributed by atoms with Crippen molar-refractivity contribution in [1.29, 1.82) is 0 Å². The maximum absolute atomic E-state index is 13.2. The van der Waals surface area contributed by atoms with E-state index in [4.69, 9.17) is 27.9 Å². The number of nitrogens with zero attached hydrogens (tertiary/aromatic N) is 1. The molecule has 0 aliphatic rings. The van der Waals surface area contributed by atoms with Crippen molar-refractivity contribution in [1.82, 2.24) is 10.2 Å². The topological polar surface area (TPSA) is 58.6 Å². The van der Waals surface area contributed by atoms with E-state index in [0.717, 1.165) is 18.4 Å². The van der Waals surface area contributed by atoms with E-state index in [2.05, 4.69) is 28.2 Å². The summed E-state index contributed by atoms with van der Waals surface area (Å²) < 4.78 is 6.36. The average Bonchev–Trinajstić information content (AvgIpc) is 2.74. The standard InChI is InChI=1S/C23H27BrCl2N2O3/c1-3-5-12-27-23(30)20(4-2)28(14-16-8-6-7-9-19(16)26)22(29)15-31-21-11-10-17(25)13-18(21)24/h6-11,13,20H,3-5,12,14-15H2,1-2H3,(H,27,30). The van der Waals surface area contributed by atoms with Gasteiger partial charge in [0.25, 0.3) is 5.91 Å². The van der Waals surface area contributed by atoms with Crippen molar-refractivity contribution < 1.29 is 14.3 Å². The fraction of sp³-hybridized carbons (Fsp3) is 0.391. The lowest BCUT2D eigenvalue weighted by molar-refractivity contribution is -0.143. The Morgan fingerprint density at radius 1 is 1.16 bits per heavy atom. The molecule has 8 heteroatoms. The molecule has 1 N–H and O–H groups in total. The molecule has 0 saturated carbocycles. The minimum absolute atomic E-state index is 0.177. The van der Waals surface area contributed by atoms with Crippen LogP contribution in [0, 0.1) is 0 Å². The van der Waals surface area contributed by atoms with Crippen LogP contribution in [0.3, 0.4) is 0 Å². The van der Waals surface area contributed by atoms with Gasteiger partial charge in [-0.1, -0.05) is 61.7 Å². The monoisotopic (exact) mass is 528 g/mol. The summed E-state index contributed by atoms with van der Waals surface area (Å²) in [6, 6.07) is 11.7. The Bertz CT molecular complexity index is 895. The Hall–Kier alpha value is -1.76. The maximum atomic E-state index is 13.2. The van der Waals surface area contributed by atoms with Crippen molar-refractivity contribution >= 4 is 50.9 Å². The van der Waals surface area contributed by atoms with Gasteiger partial charge in [-0.3, -0.25) is 9.59 Å². The van der Waals surface area contributed by atoms with Gasteiger partial charge in [0, 0.05) is 23.1 Å². The molecule has 5 nitrogen and oxygen atoms in total. The highest BCUT2D eigenvalue weighted by molar-refractivity contribution is 9.10. The Morgan fingerprint density at radius 3 is 2.55 bits per heavy atom. The van der Waals surface area contributed by atoms with Gasteiger partial charge < -0.3 is 15.0 Å². The van der Waals surface area contributed by atoms with Gasteiger partial charge in [0.2, 0.25) is 5.91 Å². The van der Waals surface area contributed by atoms with Crippen LogP contribution in [0.5, 0.6) is 5.75 Å². The third kappa shape index (κ3) is 7.70. The van der Waals surface area contributed by atoms with Crippen LogP contribution >= 0.6 is 39.1 Å². The first-order chi connectivity index (χ1) is 14.9. The molecule has 0 heterocycles. The molecule has 2 rings (SSSR count). The lowest BCUT2D eigenvalue weighted by Crippen LogP contribution is -2.50. The van der Waals surface area contributed by atoms with Crippen molar-refractivity contribution in [2.24, 2.45) is 0 Å². The molecule has 0 saturated heterocycles. The van der Waals surface area contributed by atoms with Crippen molar-refractivity contribution in [3.8, 4) is 5.75 Å². The summed E-state index contributed by atoms with van der Waals surface area (Å²) in [6.45, 7) is 4.51. The molecule has 0 aromatic heterocycles. The number of carbonyl (C=O) groups is 2. The minimum atomic E-state index is -0.627. The van der Waals surface area contributed by atoms with Crippen LogP contribution < -0.4 is 10.1 Å². The number of hydrogen-bond donors (Lipinski definition) is 1. The van der Waals surface area contributed by atoms with E-state index in [1.165, 1.54) is 4.90 Å². The molecule has 1 unspecified atom stereocenters. The van der Waals surface area contributed by atoms with Crippen LogP contribution in [0.1, 0.15) is 38.7 Å². The van der Waals surface area contributed by atoms with E-state index in [0.29, 0.717) is 33.2 Å². The molecule has 0 bridgehead atoms. The quantitative estimate of drug-likeness (QED) is 0.371. The molecule has 168 valence electrons. The number of halogens is 3. The first-order valence-electron chi connectivity index (χ1n) is 10.3. The summed E-state index contributed by atoms with van der Waals surface area (Å²) in [6.07, 6.45) is 2.33. The van der Waals surface area contributed by atoms with Crippen LogP contribution in [0.4, 0.5) is 0 Å². The molecule has 2 aromatic carbocycles. The number of ether oxygens (including phenoxy) is 1. The van der Waals surface area contributed by atoms with E-state index in [9.17, 15) is 9.59 Å². The van der Waals surface area contributed by atoms with Gasteiger partial charge in [0.15, 0.2) is 6.61 Å². The number of benzene rings is 2. The SMILES string of the molecule is CCCCNC(=O)C(CC)N(Cc1ccccc1Cl)C(=O)COc1ccc(Cl)cc1Br. The number of nitrogens with one attached hydrogen (secondary N) is 1. The number of carbonyl (C=O) groups excluding carboxylic acids is 2. The summed E-state index contributed by atoms with van der Waals surface area (Å²) in [5, 5.41) is 4.03. The van der Waals surface area contributed by atoms with Crippen LogP contribution in [-0.4, -0.2) is 35.9 Å². The summed E-state index contributed by atoms with van der Waals surface area (Å²) in [7, 11) is 0. The number of unbranched alkanes of at least 4 members (excludes halogenated alkanes) is 1. The number of amides is 2. The van der Waals surface area contributed by atoms with Gasteiger partial charge in [0.1, 0.15) is 11.8 Å². The molecular formula is C23H27BrCl2N2O3. The molecule has 2 aromatic rings. The third-order valence-electron chi connectivity index (χ3n) is 4.76. The zero-order valence-electron chi connectivity index (χ0n) is 17.7. The van der Waals surface area contributed by atoms with E-state index in [1.807, 2.05) is 25.1 Å². The molecule has 0 spiro atoms. The van der Waals surface area contributed by atoms with Crippen LogP contribution in [0.2, 0.25) is 10.0 Å². The molecule has 31 heavy (non-hydrogen) atoms. The number of rotatable bonds is 11. The zero-order chi connectivity index (χ0) is 22.8. The molecule has 0 aliphatic carbocycles. The highest BCUT2D eigenvalue weighted by Crippen LogP contribution is 2.28. The number of hydrogen-bond acceptors (Lipinski definition) is 3. The van der Waals surface area contributed by atoms with Crippen molar-refractivity contribution in [3.05, 3.63) is 62.5 Å². The average molecular weight is 530 g/mol. The predicted octanol–water partition coefficient (Wildman–Crippen LogP) is 5.86. The Balaban J connectivity index is 2.21. The van der Waals surface area contributed by atoms with Crippen molar-refractivity contribution in [2.75, 3.05) is 13.2 Å². The van der Waals surface area contributed by atoms with Gasteiger partial charge in [-0.25, -0.2) is 0 Å². The lowest BCUT2D eigenvalue weighted by Gasteiger charge is -2.31. The summed E-state index contributed by atoms with van der Waals surface area (Å²) in [4.78, 5) is 27.6. The van der Waals surface area contributed by atoms with E-state index in [1.54, 1.807) is 24.3 Å². The molecule has 0 fully saturated rings. The molecule has 2 amide bonds. The van der Waals surface area contributed by atoms with Crippen LogP contribution in [0.15, 0.2) is 46.9 Å². The lowest BCUT2D eigenvalue weighted by atomic mass is 10.1. The van der Waals surface area contributed by atoms with Gasteiger partial charge in [-0.15, -0.1) is 0 Å². The molecule has 0 aliphatic heterocycles. The van der Waals surface area contributed by atoms with Gasteiger partial charge in [-0.05, 0) is 58.6 Å². The zero-order valence-corrected chi connectivity index (χ0v) is 20.8. The van der Waals surface area contributed by atoms with Gasteiger partial charge in [0.05, 0.1) is 4.47 Å². The Labute approximate surface area is 202 Å². The van der Waals surface area contributed by atoms with Gasteiger partial charge >= 0.3 is 0 Å². The third-order valence-corrected chi connectivity index (χ3v) is 5.98. The molecule has 0 radical (unpaired) electrons. The Morgan fingerprint density at radius 2 is 1.90 bits per heavy atom. The highest BCUT2D eigenvalue weighted by atomic mass is 79.9. The summed E-state index contributed by atoms with van der Waals surface area (Å²) >= 11 is 15.7. The highest BCUT2D eigenvalue weighted by Gasteiger charge is 2.29. The van der Waals surface area contributed by atoms with Gasteiger partial charge in [-0.2, -0.15) is 0 Å². The second-order valence-corrected chi connectivity index (χ2v) is 8.74. The van der Waals surface area contributed by atoms with Crippen molar-refractivity contribution in [3.63, 3.8) is 0 Å². The smallest absolute Gasteiger partial charge is 0.261 e. The second-order valence-electron chi connectivity index (χ2n) is 7.05. The summed E-state index contributed by atoms with van der Waals surface area (Å²) in [5.74, 6) is 0.0131. The minimum Gasteiger partial charge on any atom is -0.483 e. The molecular weight excluding hydrogens is 503 g/mol. The van der Waals surface area contributed by atoms with Crippen molar-refractivity contribution in [2.45, 2.75) is 45.7 Å². The Kier molecular flexibility index (Phi) is 10.6. The first-order valence-corrected chi connectivity index (χ1v) is 11.8. The molecule has 1 atom stereocenters. The van der Waals surface area contributed by atoms with E-state index < -0.39 is 6.04 Å². The largest absolute Gasteiger partial charge is 0.483 e. The van der Waals surface area contributed by atoms with Crippen LogP contribution in [-0.2, 0) is 16.1 Å². The fourth-order valence-electron chi connectivity index (χ4n) is 3.05. The maximum Gasteiger partial charge on any atom is 0.261 e. The van der Waals surface area contributed by atoms with E-state index in [-0.39, 0.29) is 25.0 Å². The second kappa shape index (κ2) is 12.9. The first kappa shape index (κ1) is 25.5. The predicted molar refractivity (Wildman–Crippen MR) is 129 cm³/mol. The summed E-state index contributed by atoms with van der Waals surface area (Å²) in [5.41, 5.74) is 0.769.